The van der Waals surface area contributed by atoms with Crippen LogP contribution < -0.4 is 10.2 Å². The van der Waals surface area contributed by atoms with Crippen LogP contribution in [0.25, 0.3) is 0 Å². The Bertz CT molecular complexity index is 526. The zero-order valence-electron chi connectivity index (χ0n) is 11.9. The van der Waals surface area contributed by atoms with Gasteiger partial charge in [-0.25, -0.2) is 0 Å². The summed E-state index contributed by atoms with van der Waals surface area (Å²) in [6, 6.07) is 5.47. The number of benzene rings is 1. The van der Waals surface area contributed by atoms with Gasteiger partial charge in [0.25, 0.3) is 5.69 Å². The van der Waals surface area contributed by atoms with Crippen LogP contribution in [0.2, 0.25) is 5.02 Å². The molecule has 3 rings (SSSR count). The lowest BCUT2D eigenvalue weighted by atomic mass is 10.0. The maximum absolute atomic E-state index is 11.2. The van der Waals surface area contributed by atoms with Crippen LogP contribution in [0.1, 0.15) is 25.7 Å². The zero-order chi connectivity index (χ0) is 14.8. The van der Waals surface area contributed by atoms with Gasteiger partial charge in [0.2, 0.25) is 0 Å². The van der Waals surface area contributed by atoms with E-state index in [2.05, 4.69) is 10.2 Å². The van der Waals surface area contributed by atoms with E-state index in [1.165, 1.54) is 18.9 Å². The van der Waals surface area contributed by atoms with Gasteiger partial charge in [-0.2, -0.15) is 0 Å². The molecule has 0 spiro atoms. The van der Waals surface area contributed by atoms with Crippen molar-refractivity contribution in [2.75, 3.05) is 24.5 Å². The van der Waals surface area contributed by atoms with Gasteiger partial charge in [0, 0.05) is 30.2 Å². The minimum absolute atomic E-state index is 0.104. The van der Waals surface area contributed by atoms with Gasteiger partial charge in [-0.15, -0.1) is 0 Å². The molecule has 1 N–H and O–H groups in total. The van der Waals surface area contributed by atoms with Gasteiger partial charge in [0.15, 0.2) is 0 Å². The van der Waals surface area contributed by atoms with Gasteiger partial charge in [-0.3, -0.25) is 10.1 Å². The van der Waals surface area contributed by atoms with E-state index >= 15 is 0 Å². The molecule has 1 saturated heterocycles. The fourth-order valence-corrected chi connectivity index (χ4v) is 3.06. The van der Waals surface area contributed by atoms with Gasteiger partial charge in [0.05, 0.1) is 4.92 Å². The molecule has 2 aliphatic rings. The highest BCUT2D eigenvalue weighted by molar-refractivity contribution is 6.30. The van der Waals surface area contributed by atoms with E-state index in [4.69, 9.17) is 11.6 Å². The third-order valence-corrected chi connectivity index (χ3v) is 4.60. The normalized spacial score (nSPS) is 19.8. The van der Waals surface area contributed by atoms with Gasteiger partial charge in [-0.05, 0) is 50.3 Å². The first-order valence-electron chi connectivity index (χ1n) is 7.56. The maximum atomic E-state index is 11.2. The second-order valence-electron chi connectivity index (χ2n) is 6.00. The zero-order valence-corrected chi connectivity index (χ0v) is 12.7. The summed E-state index contributed by atoms with van der Waals surface area (Å²) in [4.78, 5) is 12.9. The molecule has 21 heavy (non-hydrogen) atoms. The standard InChI is InChI=1S/C15H20ClN3O2/c16-12-3-4-14(15(9-12)19(20)21)18-7-5-13(6-8-18)17-10-11-1-2-11/h3-4,9,11,13,17H,1-2,5-8,10H2. The molecule has 1 heterocycles. The Morgan fingerprint density at radius 2 is 2.00 bits per heavy atom. The molecule has 1 aliphatic heterocycles. The average molecular weight is 310 g/mol. The lowest BCUT2D eigenvalue weighted by Crippen LogP contribution is -2.43. The number of nitro groups is 1. The Morgan fingerprint density at radius 3 is 2.62 bits per heavy atom. The van der Waals surface area contributed by atoms with Gasteiger partial charge in [0.1, 0.15) is 5.69 Å². The number of piperidine rings is 1. The van der Waals surface area contributed by atoms with Crippen LogP contribution >= 0.6 is 11.6 Å². The van der Waals surface area contributed by atoms with Crippen LogP contribution in [0, 0.1) is 16.0 Å². The summed E-state index contributed by atoms with van der Waals surface area (Å²) in [6.07, 6.45) is 4.80. The smallest absolute Gasteiger partial charge is 0.294 e. The van der Waals surface area contributed by atoms with Crippen LogP contribution in [0.3, 0.4) is 0 Å². The average Bonchev–Trinajstić information content (AvgIpc) is 3.30. The van der Waals surface area contributed by atoms with E-state index in [1.54, 1.807) is 12.1 Å². The number of rotatable bonds is 5. The molecule has 0 atom stereocenters. The Kier molecular flexibility index (Phi) is 4.31. The van der Waals surface area contributed by atoms with Crippen molar-refractivity contribution in [1.29, 1.82) is 0 Å². The van der Waals surface area contributed by atoms with Crippen LogP contribution in [0.5, 0.6) is 0 Å². The van der Waals surface area contributed by atoms with E-state index in [-0.39, 0.29) is 10.6 Å². The molecule has 0 aromatic heterocycles. The molecule has 1 aromatic rings. The number of anilines is 1. The molecule has 2 fully saturated rings. The summed E-state index contributed by atoms with van der Waals surface area (Å²) in [7, 11) is 0. The fraction of sp³-hybridized carbons (Fsp3) is 0.600. The summed E-state index contributed by atoms with van der Waals surface area (Å²) in [5.74, 6) is 0.889. The van der Waals surface area contributed by atoms with E-state index < -0.39 is 0 Å². The van der Waals surface area contributed by atoms with Crippen LogP contribution in [-0.2, 0) is 0 Å². The van der Waals surface area contributed by atoms with Crippen molar-refractivity contribution >= 4 is 23.0 Å². The third-order valence-electron chi connectivity index (χ3n) is 4.36. The number of hydrogen-bond donors (Lipinski definition) is 1. The highest BCUT2D eigenvalue weighted by Gasteiger charge is 2.27. The third kappa shape index (κ3) is 3.66. The van der Waals surface area contributed by atoms with E-state index in [9.17, 15) is 10.1 Å². The number of hydrogen-bond acceptors (Lipinski definition) is 4. The van der Waals surface area contributed by atoms with Crippen LogP contribution in [-0.4, -0.2) is 30.6 Å². The summed E-state index contributed by atoms with van der Waals surface area (Å²) in [6.45, 7) is 2.83. The Labute approximate surface area is 129 Å². The molecule has 1 saturated carbocycles. The number of halogens is 1. The first-order chi connectivity index (χ1) is 10.1. The summed E-state index contributed by atoms with van der Waals surface area (Å²) < 4.78 is 0. The Morgan fingerprint density at radius 1 is 1.29 bits per heavy atom. The number of nitrogens with one attached hydrogen (secondary N) is 1. The highest BCUT2D eigenvalue weighted by Crippen LogP contribution is 2.33. The predicted octanol–water partition coefficient (Wildman–Crippen LogP) is 3.22. The minimum Gasteiger partial charge on any atom is -0.366 e. The summed E-state index contributed by atoms with van der Waals surface area (Å²) in [5.41, 5.74) is 0.789. The Balaban J connectivity index is 1.62. The second kappa shape index (κ2) is 6.20. The van der Waals surface area contributed by atoms with E-state index in [0.29, 0.717) is 16.8 Å². The number of nitro benzene ring substituents is 1. The summed E-state index contributed by atoms with van der Waals surface area (Å²) >= 11 is 5.87. The summed E-state index contributed by atoms with van der Waals surface area (Å²) in [5, 5.41) is 15.2. The minimum atomic E-state index is -0.349. The van der Waals surface area contributed by atoms with Gasteiger partial charge >= 0.3 is 0 Å². The molecule has 1 aromatic carbocycles. The molecule has 0 bridgehead atoms. The SMILES string of the molecule is O=[N+]([O-])c1cc(Cl)ccc1N1CCC(NCC2CC2)CC1. The molecule has 0 radical (unpaired) electrons. The maximum Gasteiger partial charge on any atom is 0.294 e. The van der Waals surface area contributed by atoms with Gasteiger partial charge < -0.3 is 10.2 Å². The molecule has 6 heteroatoms. The molecular formula is C15H20ClN3O2. The topological polar surface area (TPSA) is 58.4 Å². The van der Waals surface area contributed by atoms with Crippen LogP contribution in [0.4, 0.5) is 11.4 Å². The first kappa shape index (κ1) is 14.6. The molecule has 0 unspecified atom stereocenters. The lowest BCUT2D eigenvalue weighted by Gasteiger charge is -2.33. The lowest BCUT2D eigenvalue weighted by molar-refractivity contribution is -0.384. The number of nitrogens with zero attached hydrogens (tertiary/aromatic N) is 2. The highest BCUT2D eigenvalue weighted by atomic mass is 35.5. The van der Waals surface area contributed by atoms with Crippen molar-refractivity contribution in [2.24, 2.45) is 5.92 Å². The molecule has 114 valence electrons. The second-order valence-corrected chi connectivity index (χ2v) is 6.44. The molecule has 5 nitrogen and oxygen atoms in total. The van der Waals surface area contributed by atoms with Crippen molar-refractivity contribution in [3.63, 3.8) is 0 Å². The van der Waals surface area contributed by atoms with E-state index in [0.717, 1.165) is 38.4 Å². The first-order valence-corrected chi connectivity index (χ1v) is 7.93. The Hall–Kier alpha value is -1.33. The van der Waals surface area contributed by atoms with Crippen molar-refractivity contribution in [1.82, 2.24) is 5.32 Å². The fourth-order valence-electron chi connectivity index (χ4n) is 2.89. The molecular weight excluding hydrogens is 290 g/mol. The van der Waals surface area contributed by atoms with Crippen molar-refractivity contribution in [2.45, 2.75) is 31.7 Å². The van der Waals surface area contributed by atoms with E-state index in [1.807, 2.05) is 0 Å². The van der Waals surface area contributed by atoms with Crippen molar-refractivity contribution < 1.29 is 4.92 Å². The van der Waals surface area contributed by atoms with Gasteiger partial charge in [-0.1, -0.05) is 11.6 Å². The monoisotopic (exact) mass is 309 g/mol. The quantitative estimate of drug-likeness (QED) is 0.670. The van der Waals surface area contributed by atoms with Crippen LogP contribution in [0.15, 0.2) is 18.2 Å². The molecule has 1 aliphatic carbocycles. The largest absolute Gasteiger partial charge is 0.366 e. The molecule has 0 amide bonds. The predicted molar refractivity (Wildman–Crippen MR) is 84.1 cm³/mol. The van der Waals surface area contributed by atoms with Crippen molar-refractivity contribution in [3.8, 4) is 0 Å². The van der Waals surface area contributed by atoms with Crippen molar-refractivity contribution in [3.05, 3.63) is 33.3 Å².